The summed E-state index contributed by atoms with van der Waals surface area (Å²) in [6.45, 7) is 5.24. The highest BCUT2D eigenvalue weighted by molar-refractivity contribution is 5.79. The van der Waals surface area contributed by atoms with Gasteiger partial charge in [-0.15, -0.1) is 0 Å². The van der Waals surface area contributed by atoms with E-state index in [0.29, 0.717) is 44.5 Å². The van der Waals surface area contributed by atoms with Crippen LogP contribution in [0.15, 0.2) is 84.9 Å². The van der Waals surface area contributed by atoms with E-state index in [1.54, 1.807) is 4.90 Å². The number of piperidine rings is 1. The van der Waals surface area contributed by atoms with Crippen LogP contribution in [0.25, 0.3) is 0 Å². The predicted molar refractivity (Wildman–Crippen MR) is 180 cm³/mol. The smallest absolute Gasteiger partial charge is 0.410 e. The zero-order valence-electron chi connectivity index (χ0n) is 26.9. The summed E-state index contributed by atoms with van der Waals surface area (Å²) in [5.74, 6) is -0.237. The average Bonchev–Trinajstić information content (AvgIpc) is 3.11. The summed E-state index contributed by atoms with van der Waals surface area (Å²) in [7, 11) is 0. The number of nitrogens with zero attached hydrogens (tertiary/aromatic N) is 4. The van der Waals surface area contributed by atoms with E-state index in [4.69, 9.17) is 9.47 Å². The van der Waals surface area contributed by atoms with Gasteiger partial charge in [0.15, 0.2) is 0 Å². The number of nitrogens with one attached hydrogen (secondary N) is 1. The maximum absolute atomic E-state index is 13.3. The Hall–Kier alpha value is -4.43. The second kappa shape index (κ2) is 17.5. The third kappa shape index (κ3) is 10.3. The maximum atomic E-state index is 13.3. The molecule has 2 atom stereocenters. The Bertz CT molecular complexity index is 1450. The molecule has 0 aliphatic carbocycles. The van der Waals surface area contributed by atoms with E-state index in [1.807, 2.05) is 84.9 Å². The van der Waals surface area contributed by atoms with E-state index in [-0.39, 0.29) is 43.8 Å². The minimum Gasteiger partial charge on any atom is -0.445 e. The summed E-state index contributed by atoms with van der Waals surface area (Å²) in [6, 6.07) is 29.2. The van der Waals surface area contributed by atoms with Gasteiger partial charge in [-0.25, -0.2) is 4.79 Å². The van der Waals surface area contributed by atoms with Crippen molar-refractivity contribution in [2.24, 2.45) is 5.92 Å². The Morgan fingerprint density at radius 2 is 1.49 bits per heavy atom. The number of carbonyl (C=O) groups is 2. The van der Waals surface area contributed by atoms with E-state index in [2.05, 4.69) is 21.2 Å². The van der Waals surface area contributed by atoms with Crippen LogP contribution < -0.4 is 10.2 Å². The number of hydrogen-bond acceptors (Lipinski definition) is 8. The molecule has 0 saturated carbocycles. The van der Waals surface area contributed by atoms with Crippen LogP contribution in [0.2, 0.25) is 0 Å². The van der Waals surface area contributed by atoms with Gasteiger partial charge < -0.3 is 29.7 Å². The van der Waals surface area contributed by atoms with Crippen LogP contribution in [0.5, 0.6) is 0 Å². The minimum atomic E-state index is -0.660. The maximum Gasteiger partial charge on any atom is 0.410 e. The predicted octanol–water partition coefficient (Wildman–Crippen LogP) is 3.83. The summed E-state index contributed by atoms with van der Waals surface area (Å²) < 4.78 is 11.5. The molecule has 0 unspecified atom stereocenters. The molecule has 2 N–H and O–H groups in total. The monoisotopic (exact) mass is 639 g/mol. The fourth-order valence-electron chi connectivity index (χ4n) is 6.22. The Morgan fingerprint density at radius 3 is 2.17 bits per heavy atom. The van der Waals surface area contributed by atoms with Crippen molar-refractivity contribution < 1.29 is 24.2 Å². The van der Waals surface area contributed by atoms with Crippen LogP contribution in [0, 0.1) is 17.2 Å². The number of amides is 2. The standard InChI is InChI=1S/C37H45N5O5/c38-24-32-13-7-8-14-35(32)41-21-19-40(20-22-41)25-34(43)28-46-27-33(23-29-9-3-1-4-10-29)39-36(44)31-15-17-42(18-16-31)37(45)47-26-30-11-5-2-6-12-30/h1-14,31,33-34,43H,15-23,25-28H2,(H,39,44)/t33-,34+/m0/s1. The molecule has 3 aromatic carbocycles. The number of aliphatic hydroxyl groups excluding tert-OH is 1. The Balaban J connectivity index is 1.05. The molecule has 10 nitrogen and oxygen atoms in total. The molecular weight excluding hydrogens is 594 g/mol. The van der Waals surface area contributed by atoms with Gasteiger partial charge in [-0.1, -0.05) is 72.8 Å². The van der Waals surface area contributed by atoms with E-state index in [1.165, 1.54) is 0 Å². The van der Waals surface area contributed by atoms with Crippen molar-refractivity contribution in [3.05, 3.63) is 102 Å². The summed E-state index contributed by atoms with van der Waals surface area (Å²) >= 11 is 0. The first-order valence-corrected chi connectivity index (χ1v) is 16.5. The number of rotatable bonds is 13. The van der Waals surface area contributed by atoms with Gasteiger partial charge in [0.05, 0.1) is 36.6 Å². The number of anilines is 1. The van der Waals surface area contributed by atoms with Crippen molar-refractivity contribution in [1.82, 2.24) is 15.1 Å². The van der Waals surface area contributed by atoms with Crippen LogP contribution in [-0.2, 0) is 27.3 Å². The van der Waals surface area contributed by atoms with Crippen LogP contribution in [0.3, 0.4) is 0 Å². The first-order chi connectivity index (χ1) is 23.0. The zero-order chi connectivity index (χ0) is 32.8. The van der Waals surface area contributed by atoms with Gasteiger partial charge in [0, 0.05) is 51.7 Å². The van der Waals surface area contributed by atoms with Crippen molar-refractivity contribution in [2.45, 2.75) is 38.0 Å². The molecule has 10 heteroatoms. The molecule has 3 aromatic rings. The van der Waals surface area contributed by atoms with Crippen molar-refractivity contribution in [1.29, 1.82) is 5.26 Å². The van der Waals surface area contributed by atoms with E-state index >= 15 is 0 Å². The number of nitriles is 1. The summed E-state index contributed by atoms with van der Waals surface area (Å²) in [5.41, 5.74) is 3.66. The second-order valence-corrected chi connectivity index (χ2v) is 12.3. The molecule has 2 heterocycles. The second-order valence-electron chi connectivity index (χ2n) is 12.3. The largest absolute Gasteiger partial charge is 0.445 e. The number of benzene rings is 3. The Kier molecular flexibility index (Phi) is 12.6. The van der Waals surface area contributed by atoms with Gasteiger partial charge in [0.25, 0.3) is 0 Å². The molecule has 2 amide bonds. The van der Waals surface area contributed by atoms with E-state index < -0.39 is 6.10 Å². The highest BCUT2D eigenvalue weighted by atomic mass is 16.6. The van der Waals surface area contributed by atoms with E-state index in [0.717, 1.165) is 43.0 Å². The fraction of sp³-hybridized carbons (Fsp3) is 0.432. The lowest BCUT2D eigenvalue weighted by atomic mass is 9.95. The molecule has 0 radical (unpaired) electrons. The third-order valence-corrected chi connectivity index (χ3v) is 8.84. The normalized spacial score (nSPS) is 17.0. The lowest BCUT2D eigenvalue weighted by Crippen LogP contribution is -2.49. The van der Waals surface area contributed by atoms with Gasteiger partial charge in [-0.2, -0.15) is 5.26 Å². The molecule has 2 aliphatic rings. The number of piperazine rings is 1. The molecule has 0 spiro atoms. The number of likely N-dealkylation sites (tertiary alicyclic amines) is 1. The first-order valence-electron chi connectivity index (χ1n) is 16.5. The molecular formula is C37H45N5O5. The van der Waals surface area contributed by atoms with Crippen LogP contribution >= 0.6 is 0 Å². The van der Waals surface area contributed by atoms with Crippen molar-refractivity contribution in [3.63, 3.8) is 0 Å². The molecule has 0 aromatic heterocycles. The lowest BCUT2D eigenvalue weighted by Gasteiger charge is -2.37. The highest BCUT2D eigenvalue weighted by Crippen LogP contribution is 2.22. The molecule has 0 bridgehead atoms. The Morgan fingerprint density at radius 1 is 0.851 bits per heavy atom. The topological polar surface area (TPSA) is 118 Å². The third-order valence-electron chi connectivity index (χ3n) is 8.84. The van der Waals surface area contributed by atoms with E-state index in [9.17, 15) is 20.0 Å². The van der Waals surface area contributed by atoms with Crippen LogP contribution in [0.4, 0.5) is 10.5 Å². The van der Waals surface area contributed by atoms with Crippen LogP contribution in [-0.4, -0.2) is 98.1 Å². The molecule has 2 aliphatic heterocycles. The average molecular weight is 640 g/mol. The van der Waals surface area contributed by atoms with Gasteiger partial charge in [-0.05, 0) is 42.5 Å². The number of carbonyl (C=O) groups excluding carboxylic acids is 2. The molecule has 2 saturated heterocycles. The van der Waals surface area contributed by atoms with Crippen LogP contribution in [0.1, 0.15) is 29.5 Å². The number of aliphatic hydroxyl groups is 1. The minimum absolute atomic E-state index is 0.0387. The lowest BCUT2D eigenvalue weighted by molar-refractivity contribution is -0.127. The van der Waals surface area contributed by atoms with Gasteiger partial charge in [-0.3, -0.25) is 9.69 Å². The number of β-amino-alcohol motifs (C(OH)–C–C–N with tert-alkyl or cyclic N) is 1. The fourth-order valence-corrected chi connectivity index (χ4v) is 6.22. The summed E-state index contributed by atoms with van der Waals surface area (Å²) in [4.78, 5) is 32.0. The summed E-state index contributed by atoms with van der Waals surface area (Å²) in [5, 5.41) is 23.4. The number of ether oxygens (including phenoxy) is 2. The van der Waals surface area contributed by atoms with Gasteiger partial charge in [0.2, 0.25) is 5.91 Å². The Labute approximate surface area is 277 Å². The molecule has 5 rings (SSSR count). The highest BCUT2D eigenvalue weighted by Gasteiger charge is 2.29. The summed E-state index contributed by atoms with van der Waals surface area (Å²) in [6.07, 6.45) is 0.734. The number of para-hydroxylation sites is 1. The quantitative estimate of drug-likeness (QED) is 0.290. The first kappa shape index (κ1) is 33.9. The number of hydrogen-bond donors (Lipinski definition) is 2. The van der Waals surface area contributed by atoms with Gasteiger partial charge in [0.1, 0.15) is 12.7 Å². The molecule has 248 valence electrons. The van der Waals surface area contributed by atoms with Crippen molar-refractivity contribution in [2.75, 3.05) is 63.9 Å². The molecule has 47 heavy (non-hydrogen) atoms. The van der Waals surface area contributed by atoms with Crippen molar-refractivity contribution in [3.8, 4) is 6.07 Å². The van der Waals surface area contributed by atoms with Gasteiger partial charge >= 0.3 is 6.09 Å². The zero-order valence-corrected chi connectivity index (χ0v) is 26.9. The van der Waals surface area contributed by atoms with Crippen molar-refractivity contribution >= 4 is 17.7 Å². The SMILES string of the molecule is N#Cc1ccccc1N1CCN(C[C@@H](O)COC[C@H](Cc2ccccc2)NC(=O)C2CCN(C(=O)OCc3ccccc3)CC2)CC1. The molecule has 2 fully saturated rings.